The van der Waals surface area contributed by atoms with Crippen molar-refractivity contribution in [3.8, 4) is 0 Å². The maximum Gasteiger partial charge on any atom is 0.251 e. The van der Waals surface area contributed by atoms with Gasteiger partial charge in [-0.3, -0.25) is 9.59 Å². The van der Waals surface area contributed by atoms with Gasteiger partial charge in [0.15, 0.2) is 0 Å². The number of likely N-dealkylation sites (N-methyl/N-ethyl adjacent to an activating group) is 1. The fourth-order valence-electron chi connectivity index (χ4n) is 2.02. The number of hydrogen-bond donors (Lipinski definition) is 1. The molecule has 0 spiro atoms. The molecular formula is C14H19N3O2. The second-order valence-corrected chi connectivity index (χ2v) is 4.73. The number of piperazine rings is 1. The topological polar surface area (TPSA) is 52.6 Å². The number of carbonyl (C=O) groups is 2. The van der Waals surface area contributed by atoms with Crippen LogP contribution in [0.25, 0.3) is 0 Å². The molecule has 0 bridgehead atoms. The minimum atomic E-state index is -0.205. The highest BCUT2D eigenvalue weighted by molar-refractivity contribution is 5.96. The normalized spacial score (nSPS) is 16.2. The van der Waals surface area contributed by atoms with Crippen LogP contribution in [0.1, 0.15) is 10.4 Å². The molecule has 5 heteroatoms. The molecule has 102 valence electrons. The lowest BCUT2D eigenvalue weighted by molar-refractivity contribution is -0.131. The Hall–Kier alpha value is -1.88. The van der Waals surface area contributed by atoms with Gasteiger partial charge < -0.3 is 15.1 Å². The van der Waals surface area contributed by atoms with Gasteiger partial charge in [-0.15, -0.1) is 0 Å². The van der Waals surface area contributed by atoms with E-state index in [1.165, 1.54) is 0 Å². The van der Waals surface area contributed by atoms with Crippen LogP contribution in [0.2, 0.25) is 0 Å². The minimum Gasteiger partial charge on any atom is -0.343 e. The molecule has 0 aromatic heterocycles. The van der Waals surface area contributed by atoms with Gasteiger partial charge in [-0.1, -0.05) is 18.2 Å². The van der Waals surface area contributed by atoms with Gasteiger partial charge in [0.1, 0.15) is 0 Å². The molecule has 1 fully saturated rings. The molecule has 0 aliphatic carbocycles. The molecule has 19 heavy (non-hydrogen) atoms. The molecule has 2 amide bonds. The Kier molecular flexibility index (Phi) is 4.52. The van der Waals surface area contributed by atoms with Crippen molar-refractivity contribution in [3.05, 3.63) is 35.9 Å². The van der Waals surface area contributed by atoms with Crippen molar-refractivity contribution in [2.75, 3.05) is 39.8 Å². The largest absolute Gasteiger partial charge is 0.343 e. The van der Waals surface area contributed by atoms with Crippen molar-refractivity contribution < 1.29 is 9.59 Å². The van der Waals surface area contributed by atoms with E-state index in [1.54, 1.807) is 29.2 Å². The van der Waals surface area contributed by atoms with E-state index in [0.717, 1.165) is 26.2 Å². The van der Waals surface area contributed by atoms with Crippen LogP contribution in [0.5, 0.6) is 0 Å². The summed E-state index contributed by atoms with van der Waals surface area (Å²) >= 11 is 0. The van der Waals surface area contributed by atoms with E-state index in [1.807, 2.05) is 13.1 Å². The second kappa shape index (κ2) is 6.33. The van der Waals surface area contributed by atoms with E-state index in [-0.39, 0.29) is 18.4 Å². The van der Waals surface area contributed by atoms with Gasteiger partial charge in [-0.2, -0.15) is 0 Å². The van der Waals surface area contributed by atoms with Crippen molar-refractivity contribution in [1.82, 2.24) is 15.1 Å². The van der Waals surface area contributed by atoms with Crippen molar-refractivity contribution in [2.45, 2.75) is 0 Å². The lowest BCUT2D eigenvalue weighted by atomic mass is 10.2. The van der Waals surface area contributed by atoms with Crippen LogP contribution in [0.15, 0.2) is 30.3 Å². The molecule has 0 radical (unpaired) electrons. The maximum atomic E-state index is 11.9. The van der Waals surface area contributed by atoms with E-state index in [2.05, 4.69) is 10.2 Å². The highest BCUT2D eigenvalue weighted by Gasteiger charge is 2.19. The third-order valence-corrected chi connectivity index (χ3v) is 3.29. The molecular weight excluding hydrogens is 242 g/mol. The van der Waals surface area contributed by atoms with Crippen LogP contribution in [0.3, 0.4) is 0 Å². The maximum absolute atomic E-state index is 11.9. The molecule has 1 heterocycles. The minimum absolute atomic E-state index is 0.0163. The molecule has 5 nitrogen and oxygen atoms in total. The van der Waals surface area contributed by atoms with Crippen LogP contribution in [-0.4, -0.2) is 61.4 Å². The molecule has 1 aliphatic heterocycles. The predicted molar refractivity (Wildman–Crippen MR) is 72.9 cm³/mol. The van der Waals surface area contributed by atoms with Gasteiger partial charge in [0, 0.05) is 31.7 Å². The van der Waals surface area contributed by atoms with Gasteiger partial charge in [-0.25, -0.2) is 0 Å². The molecule has 2 rings (SSSR count). The van der Waals surface area contributed by atoms with Crippen LogP contribution < -0.4 is 5.32 Å². The first kappa shape index (κ1) is 13.5. The Bertz CT molecular complexity index is 439. The quantitative estimate of drug-likeness (QED) is 0.845. The van der Waals surface area contributed by atoms with Crippen molar-refractivity contribution >= 4 is 11.8 Å². The summed E-state index contributed by atoms with van der Waals surface area (Å²) < 4.78 is 0. The fourth-order valence-corrected chi connectivity index (χ4v) is 2.02. The van der Waals surface area contributed by atoms with Crippen molar-refractivity contribution in [1.29, 1.82) is 0 Å². The highest BCUT2D eigenvalue weighted by Crippen LogP contribution is 2.00. The van der Waals surface area contributed by atoms with Crippen LogP contribution >= 0.6 is 0 Å². The highest BCUT2D eigenvalue weighted by atomic mass is 16.2. The second-order valence-electron chi connectivity index (χ2n) is 4.73. The Labute approximate surface area is 113 Å². The third kappa shape index (κ3) is 3.79. The number of nitrogens with one attached hydrogen (secondary N) is 1. The average molecular weight is 261 g/mol. The first-order valence-electron chi connectivity index (χ1n) is 6.46. The number of amides is 2. The first-order valence-corrected chi connectivity index (χ1v) is 6.46. The Balaban J connectivity index is 1.79. The molecule has 1 N–H and O–H groups in total. The number of carbonyl (C=O) groups excluding carboxylic acids is 2. The zero-order valence-electron chi connectivity index (χ0n) is 11.1. The summed E-state index contributed by atoms with van der Waals surface area (Å²) in [6, 6.07) is 8.92. The summed E-state index contributed by atoms with van der Waals surface area (Å²) in [7, 11) is 2.04. The summed E-state index contributed by atoms with van der Waals surface area (Å²) in [5.74, 6) is -0.222. The molecule has 1 aliphatic rings. The average Bonchev–Trinajstić information content (AvgIpc) is 2.46. The van der Waals surface area contributed by atoms with E-state index in [4.69, 9.17) is 0 Å². The monoisotopic (exact) mass is 261 g/mol. The van der Waals surface area contributed by atoms with E-state index < -0.39 is 0 Å². The van der Waals surface area contributed by atoms with Crippen LogP contribution in [-0.2, 0) is 4.79 Å². The summed E-state index contributed by atoms with van der Waals surface area (Å²) in [6.07, 6.45) is 0. The Morgan fingerprint density at radius 1 is 1.11 bits per heavy atom. The van der Waals surface area contributed by atoms with Gasteiger partial charge in [0.05, 0.1) is 6.54 Å². The number of hydrogen-bond acceptors (Lipinski definition) is 3. The standard InChI is InChI=1S/C14H19N3O2/c1-16-7-9-17(10-8-16)13(18)11-15-14(19)12-5-3-2-4-6-12/h2-6H,7-11H2,1H3,(H,15,19). The first-order chi connectivity index (χ1) is 9.16. The van der Waals surface area contributed by atoms with Crippen LogP contribution in [0.4, 0.5) is 0 Å². The molecule has 0 atom stereocenters. The smallest absolute Gasteiger partial charge is 0.251 e. The summed E-state index contributed by atoms with van der Waals surface area (Å²) in [4.78, 5) is 27.7. The predicted octanol–water partition coefficient (Wildman–Crippen LogP) is 0.190. The number of nitrogens with zero attached hydrogens (tertiary/aromatic N) is 2. The van der Waals surface area contributed by atoms with Gasteiger partial charge in [0.2, 0.25) is 5.91 Å². The zero-order chi connectivity index (χ0) is 13.7. The van der Waals surface area contributed by atoms with Crippen LogP contribution in [0, 0.1) is 0 Å². The van der Waals surface area contributed by atoms with Crippen molar-refractivity contribution in [2.24, 2.45) is 0 Å². The fraction of sp³-hybridized carbons (Fsp3) is 0.429. The summed E-state index contributed by atoms with van der Waals surface area (Å²) in [5, 5.41) is 2.66. The summed E-state index contributed by atoms with van der Waals surface area (Å²) in [6.45, 7) is 3.31. The number of rotatable bonds is 3. The lowest BCUT2D eigenvalue weighted by Crippen LogP contribution is -2.50. The molecule has 1 aromatic carbocycles. The van der Waals surface area contributed by atoms with E-state index >= 15 is 0 Å². The van der Waals surface area contributed by atoms with E-state index in [0.29, 0.717) is 5.56 Å². The third-order valence-electron chi connectivity index (χ3n) is 3.29. The van der Waals surface area contributed by atoms with Gasteiger partial charge >= 0.3 is 0 Å². The zero-order valence-corrected chi connectivity index (χ0v) is 11.1. The lowest BCUT2D eigenvalue weighted by Gasteiger charge is -2.32. The Morgan fingerprint density at radius 2 is 1.74 bits per heavy atom. The Morgan fingerprint density at radius 3 is 2.37 bits per heavy atom. The molecule has 0 saturated carbocycles. The molecule has 1 aromatic rings. The van der Waals surface area contributed by atoms with Gasteiger partial charge in [0.25, 0.3) is 5.91 Å². The van der Waals surface area contributed by atoms with Crippen molar-refractivity contribution in [3.63, 3.8) is 0 Å². The molecule has 0 unspecified atom stereocenters. The van der Waals surface area contributed by atoms with E-state index in [9.17, 15) is 9.59 Å². The summed E-state index contributed by atoms with van der Waals surface area (Å²) in [5.41, 5.74) is 0.577. The SMILES string of the molecule is CN1CCN(C(=O)CNC(=O)c2ccccc2)CC1. The number of benzene rings is 1. The molecule has 1 saturated heterocycles. The van der Waals surface area contributed by atoms with Gasteiger partial charge in [-0.05, 0) is 19.2 Å².